The number of carbonyl (C=O) groups excluding carboxylic acids is 1. The number of piperazine rings is 1. The van der Waals surface area contributed by atoms with Crippen molar-refractivity contribution < 1.29 is 32.4 Å². The second-order valence-corrected chi connectivity index (χ2v) is 23.0. The number of aromatic nitrogens is 3. The summed E-state index contributed by atoms with van der Waals surface area (Å²) in [5, 5.41) is 26.4. The van der Waals surface area contributed by atoms with Crippen molar-refractivity contribution >= 4 is 44.0 Å². The maximum Gasteiger partial charge on any atom is 0.293 e. The summed E-state index contributed by atoms with van der Waals surface area (Å²) >= 11 is 0. The number of halogens is 1. The number of benzene rings is 3. The number of hydrogen-bond donors (Lipinski definition) is 4. The quantitative estimate of drug-likeness (QED) is 0.0561. The molecule has 2 saturated heterocycles. The molecule has 384 valence electrons. The van der Waals surface area contributed by atoms with Crippen molar-refractivity contribution in [1.29, 1.82) is 0 Å². The molecule has 16 nitrogen and oxygen atoms in total. The number of hydrogen-bond acceptors (Lipinski definition) is 13. The number of pyridine rings is 2. The minimum Gasteiger partial charge on any atom is -0.455 e. The molecule has 0 unspecified atom stereocenters. The number of piperidine rings is 1. The predicted molar refractivity (Wildman–Crippen MR) is 278 cm³/mol. The number of sulfonamides is 1. The summed E-state index contributed by atoms with van der Waals surface area (Å²) in [7, 11) is -4.72. The Balaban J connectivity index is 0.848. The predicted octanol–water partition coefficient (Wildman–Crippen LogP) is 9.70. The van der Waals surface area contributed by atoms with Gasteiger partial charge in [0, 0.05) is 87.8 Å². The van der Waals surface area contributed by atoms with Crippen molar-refractivity contribution in [2.45, 2.75) is 107 Å². The van der Waals surface area contributed by atoms with Gasteiger partial charge < -0.3 is 25.0 Å². The first-order chi connectivity index (χ1) is 35.0. The molecule has 73 heavy (non-hydrogen) atoms. The molecule has 4 fully saturated rings. The fourth-order valence-electron chi connectivity index (χ4n) is 11.7. The number of nitro groups is 1. The summed E-state index contributed by atoms with van der Waals surface area (Å²) in [5.41, 5.74) is 3.29. The van der Waals surface area contributed by atoms with Crippen LogP contribution in [-0.2, 0) is 16.6 Å². The number of nitrogens with zero attached hydrogens (tertiary/aromatic N) is 6. The number of fused-ring (bicyclic) bond motifs is 1. The number of nitrogens with one attached hydrogen (secondary N) is 3. The van der Waals surface area contributed by atoms with Crippen LogP contribution in [0, 0.1) is 27.3 Å². The third-order valence-electron chi connectivity index (χ3n) is 15.9. The Morgan fingerprint density at radius 1 is 0.973 bits per heavy atom. The van der Waals surface area contributed by atoms with Crippen LogP contribution >= 0.6 is 0 Å². The number of carbonyl (C=O) groups is 1. The fraction of sp³-hybridized carbons (Fsp3) is 0.436. The molecule has 3 aromatic carbocycles. The van der Waals surface area contributed by atoms with Crippen LogP contribution in [0.25, 0.3) is 11.0 Å². The van der Waals surface area contributed by atoms with Gasteiger partial charge in [-0.05, 0) is 129 Å². The van der Waals surface area contributed by atoms with Gasteiger partial charge in [0.15, 0.2) is 0 Å². The van der Waals surface area contributed by atoms with Crippen LogP contribution in [0.5, 0.6) is 11.5 Å². The van der Waals surface area contributed by atoms with Crippen molar-refractivity contribution in [3.05, 3.63) is 142 Å². The number of anilines is 2. The van der Waals surface area contributed by atoms with Crippen molar-refractivity contribution in [1.82, 2.24) is 29.5 Å². The number of aromatic amines is 1. The van der Waals surface area contributed by atoms with Gasteiger partial charge in [0.1, 0.15) is 28.7 Å². The van der Waals surface area contributed by atoms with Crippen LogP contribution in [-0.4, -0.2) is 100 Å². The van der Waals surface area contributed by atoms with E-state index in [4.69, 9.17) is 4.74 Å². The molecule has 0 radical (unpaired) electrons. The number of amides is 1. The highest BCUT2D eigenvalue weighted by Crippen LogP contribution is 2.54. The number of rotatable bonds is 15. The Bertz CT molecular complexity index is 3090. The van der Waals surface area contributed by atoms with E-state index in [2.05, 4.69) is 74.2 Å². The molecule has 18 heteroatoms. The molecule has 4 N–H and O–H groups in total. The molecule has 1 spiro atoms. The Morgan fingerprint density at radius 3 is 2.48 bits per heavy atom. The normalized spacial score (nSPS) is 21.8. The van der Waals surface area contributed by atoms with E-state index in [0.29, 0.717) is 50.1 Å². The molecular weight excluding hydrogens is 950 g/mol. The van der Waals surface area contributed by atoms with Gasteiger partial charge in [-0.2, -0.15) is 0 Å². The summed E-state index contributed by atoms with van der Waals surface area (Å²) in [6.45, 7) is 11.5. The van der Waals surface area contributed by atoms with Gasteiger partial charge >= 0.3 is 0 Å². The van der Waals surface area contributed by atoms with Crippen molar-refractivity contribution in [3.63, 3.8) is 0 Å². The Hall–Kier alpha value is -6.47. The van der Waals surface area contributed by atoms with E-state index in [0.717, 1.165) is 87.9 Å². The van der Waals surface area contributed by atoms with Crippen molar-refractivity contribution in [2.75, 3.05) is 49.5 Å². The van der Waals surface area contributed by atoms with E-state index in [9.17, 15) is 28.4 Å². The lowest BCUT2D eigenvalue weighted by molar-refractivity contribution is -0.384. The highest BCUT2D eigenvalue weighted by atomic mass is 32.2. The number of H-pyrrole nitrogens is 1. The Morgan fingerprint density at radius 2 is 1.74 bits per heavy atom. The smallest absolute Gasteiger partial charge is 0.293 e. The largest absolute Gasteiger partial charge is 0.455 e. The van der Waals surface area contributed by atoms with Gasteiger partial charge in [-0.15, -0.1) is 0 Å². The van der Waals surface area contributed by atoms with E-state index in [1.165, 1.54) is 35.5 Å². The fourth-order valence-corrected chi connectivity index (χ4v) is 12.7. The standard InChI is InChI=1S/C55H64FN9O7S/c1-36(2)43-9-4-5-10-44(43)50-35-62(34-39-8-6-7-20-57-39)24-25-64(50)40-30-55(31-40)18-22-63(23-19-55)48-29-51(72-41-26-38-15-21-58-52(38)60-33-41)45(28-46(48)56)53(66)61-73(70,71)42-11-12-47(49(27-42)65(68)69)59-32-37-13-16-54(3,67)17-14-37/h4-12,15,20-21,26-29,33,36-37,40,50,59,67H,13-14,16-19,22-25,30-32,34-35H2,1-3H3,(H,58,60)(H,61,66)/t37?,50-,54?/m0/s1. The lowest BCUT2D eigenvalue weighted by Gasteiger charge is -2.58. The maximum atomic E-state index is 16.6. The van der Waals surface area contributed by atoms with Crippen LogP contribution < -0.4 is 19.7 Å². The summed E-state index contributed by atoms with van der Waals surface area (Å²) in [4.78, 5) is 44.4. The van der Waals surface area contributed by atoms with E-state index < -0.39 is 42.9 Å². The highest BCUT2D eigenvalue weighted by Gasteiger charge is 2.50. The van der Waals surface area contributed by atoms with Gasteiger partial charge in [0.05, 0.1) is 38.6 Å². The van der Waals surface area contributed by atoms with Crippen LogP contribution in [0.4, 0.5) is 21.5 Å². The first kappa shape index (κ1) is 50.1. The SMILES string of the molecule is CC(C)c1ccccc1[C@@H]1CN(Cc2ccccn2)CCN1C1CC2(CCN(c3cc(Oc4cnc5[nH]ccc5c4)c(C(=O)NS(=O)(=O)c4ccc(NCC5CCC(C)(O)CC5)c([N+](=O)[O-])c4)cc3F)CC2)C1. The number of nitro benzene ring substituents is 1. The van der Waals surface area contributed by atoms with E-state index in [1.54, 1.807) is 25.3 Å². The summed E-state index contributed by atoms with van der Waals surface area (Å²) in [5.74, 6) is -1.20. The molecule has 0 bridgehead atoms. The summed E-state index contributed by atoms with van der Waals surface area (Å²) in [6, 6.07) is 24.9. The summed E-state index contributed by atoms with van der Waals surface area (Å²) in [6.07, 6.45) is 11.5. The van der Waals surface area contributed by atoms with Crippen LogP contribution in [0.3, 0.4) is 0 Å². The Labute approximate surface area is 425 Å². The zero-order chi connectivity index (χ0) is 51.1. The van der Waals surface area contributed by atoms with Gasteiger partial charge in [0.2, 0.25) is 0 Å². The van der Waals surface area contributed by atoms with Crippen LogP contribution in [0.2, 0.25) is 0 Å². The zero-order valence-corrected chi connectivity index (χ0v) is 42.4. The van der Waals surface area contributed by atoms with Crippen molar-refractivity contribution in [3.8, 4) is 11.5 Å². The molecule has 2 saturated carbocycles. The van der Waals surface area contributed by atoms with Gasteiger partial charge in [-0.25, -0.2) is 22.5 Å². The minimum atomic E-state index is -4.72. The summed E-state index contributed by atoms with van der Waals surface area (Å²) < 4.78 is 52.5. The average molecular weight is 1010 g/mol. The van der Waals surface area contributed by atoms with Crippen LogP contribution in [0.15, 0.2) is 108 Å². The van der Waals surface area contributed by atoms with Gasteiger partial charge in [-0.1, -0.05) is 44.2 Å². The minimum absolute atomic E-state index is 0.0885. The second-order valence-electron chi connectivity index (χ2n) is 21.3. The monoisotopic (exact) mass is 1010 g/mol. The molecule has 10 rings (SSSR count). The third-order valence-corrected chi connectivity index (χ3v) is 17.3. The van der Waals surface area contributed by atoms with Crippen LogP contribution in [0.1, 0.15) is 111 Å². The van der Waals surface area contributed by atoms with Gasteiger partial charge in [-0.3, -0.25) is 29.7 Å². The molecule has 5 heterocycles. The van der Waals surface area contributed by atoms with Crippen molar-refractivity contribution in [2.24, 2.45) is 11.3 Å². The molecule has 6 aromatic rings. The van der Waals surface area contributed by atoms with Gasteiger partial charge in [0.25, 0.3) is 21.6 Å². The van der Waals surface area contributed by atoms with E-state index in [1.807, 2.05) is 28.0 Å². The zero-order valence-electron chi connectivity index (χ0n) is 41.6. The molecule has 2 aliphatic heterocycles. The Kier molecular flexibility index (Phi) is 14.0. The highest BCUT2D eigenvalue weighted by molar-refractivity contribution is 7.90. The molecule has 1 amide bonds. The maximum absolute atomic E-state index is 16.6. The van der Waals surface area contributed by atoms with E-state index in [-0.39, 0.29) is 45.8 Å². The average Bonchev–Trinajstić information content (AvgIpc) is 3.84. The third kappa shape index (κ3) is 10.9. The first-order valence-electron chi connectivity index (χ1n) is 25.5. The number of ether oxygens (including phenoxy) is 1. The molecule has 1 atom stereocenters. The topological polar surface area (TPSA) is 199 Å². The second kappa shape index (κ2) is 20.4. The lowest BCUT2D eigenvalue weighted by Crippen LogP contribution is -2.60. The lowest BCUT2D eigenvalue weighted by atomic mass is 9.59. The number of aliphatic hydroxyl groups is 1. The first-order valence-corrected chi connectivity index (χ1v) is 27.0. The molecule has 2 aliphatic carbocycles. The molecule has 4 aliphatic rings. The molecular formula is C55H64FN9O7S. The molecule has 3 aromatic heterocycles. The van der Waals surface area contributed by atoms with E-state index >= 15 is 4.39 Å².